The number of fused-ring (bicyclic) bond motifs is 1. The number of aromatic nitrogens is 2. The number of benzene rings is 2. The molecule has 1 aliphatic rings. The molecule has 4 rings (SSSR count). The van der Waals surface area contributed by atoms with Crippen molar-refractivity contribution in [1.29, 1.82) is 0 Å². The lowest BCUT2D eigenvalue weighted by Gasteiger charge is -2.33. The lowest BCUT2D eigenvalue weighted by atomic mass is 9.96. The van der Waals surface area contributed by atoms with Gasteiger partial charge in [0.05, 0.1) is 36.0 Å². The summed E-state index contributed by atoms with van der Waals surface area (Å²) < 4.78 is 53.3. The maximum atomic E-state index is 14.1. The molecule has 0 fully saturated rings. The van der Waals surface area contributed by atoms with E-state index in [9.17, 15) is 18.0 Å². The summed E-state index contributed by atoms with van der Waals surface area (Å²) in [5.41, 5.74) is 0.277. The fraction of sp³-hybridized carbons (Fsp3) is 0.273. The molecule has 1 amide bonds. The van der Waals surface area contributed by atoms with E-state index in [1.807, 2.05) is 0 Å². The second-order valence-corrected chi connectivity index (χ2v) is 8.78. The molecule has 0 spiro atoms. The van der Waals surface area contributed by atoms with Crippen molar-refractivity contribution in [3.63, 3.8) is 0 Å². The van der Waals surface area contributed by atoms with Crippen LogP contribution in [0, 0.1) is 0 Å². The Kier molecular flexibility index (Phi) is 6.99. The highest BCUT2D eigenvalue weighted by Gasteiger charge is 2.48. The van der Waals surface area contributed by atoms with Gasteiger partial charge in [-0.2, -0.15) is 18.3 Å². The molecule has 2 atom stereocenters. The van der Waals surface area contributed by atoms with Crippen LogP contribution in [0.5, 0.6) is 11.5 Å². The van der Waals surface area contributed by atoms with E-state index in [1.54, 1.807) is 24.3 Å². The number of amides is 1. The number of halogens is 6. The zero-order valence-electron chi connectivity index (χ0n) is 18.2. The largest absolute Gasteiger partial charge is 0.493 e. The van der Waals surface area contributed by atoms with Gasteiger partial charge < -0.3 is 20.1 Å². The average Bonchev–Trinajstić information content (AvgIpc) is 3.16. The maximum absolute atomic E-state index is 14.1. The minimum Gasteiger partial charge on any atom is -0.493 e. The van der Waals surface area contributed by atoms with Gasteiger partial charge in [0.15, 0.2) is 23.2 Å². The van der Waals surface area contributed by atoms with Gasteiger partial charge in [0.25, 0.3) is 5.91 Å². The van der Waals surface area contributed by atoms with E-state index < -0.39 is 36.3 Å². The summed E-state index contributed by atoms with van der Waals surface area (Å²) in [6.45, 7) is 0. The third-order valence-corrected chi connectivity index (χ3v) is 6.70. The van der Waals surface area contributed by atoms with E-state index in [-0.39, 0.29) is 26.6 Å². The van der Waals surface area contributed by atoms with Crippen molar-refractivity contribution < 1.29 is 27.4 Å². The number of hydrogen-bond donors (Lipinski definition) is 2. The number of ether oxygens (including phenoxy) is 2. The van der Waals surface area contributed by atoms with Crippen LogP contribution in [0.1, 0.15) is 34.6 Å². The lowest BCUT2D eigenvalue weighted by Crippen LogP contribution is -2.35. The standard InChI is InChI=1S/C22H18Cl3F3N4O3/c1-34-14-7-6-10(8-15(14)35-2)13-9-16(22(26,27)28)32-20(29-13)18(25)19(31-32)21(33)30-12-5-3-4-11(23)17(12)24/h3-8,13,16,29H,9H2,1-2H3,(H,30,33)/t13-,16-/m0/s1. The van der Waals surface area contributed by atoms with Crippen LogP contribution in [0.25, 0.3) is 0 Å². The summed E-state index contributed by atoms with van der Waals surface area (Å²) in [6.07, 6.45) is -5.06. The van der Waals surface area contributed by atoms with E-state index in [4.69, 9.17) is 44.3 Å². The van der Waals surface area contributed by atoms with E-state index in [0.717, 1.165) is 0 Å². The van der Waals surface area contributed by atoms with E-state index in [0.29, 0.717) is 21.7 Å². The topological polar surface area (TPSA) is 77.4 Å². The van der Waals surface area contributed by atoms with Crippen LogP contribution in [0.3, 0.4) is 0 Å². The predicted molar refractivity (Wildman–Crippen MR) is 127 cm³/mol. The number of nitrogens with zero attached hydrogens (tertiary/aromatic N) is 2. The molecule has 0 radical (unpaired) electrons. The predicted octanol–water partition coefficient (Wildman–Crippen LogP) is 6.77. The third-order valence-electron chi connectivity index (χ3n) is 5.52. The van der Waals surface area contributed by atoms with E-state index in [1.165, 1.54) is 26.4 Å². The van der Waals surface area contributed by atoms with Crippen molar-refractivity contribution in [2.24, 2.45) is 0 Å². The number of hydrogen-bond acceptors (Lipinski definition) is 5. The van der Waals surface area contributed by atoms with Crippen LogP contribution in [0.4, 0.5) is 24.7 Å². The quantitative estimate of drug-likeness (QED) is 0.367. The van der Waals surface area contributed by atoms with Crippen molar-refractivity contribution in [3.8, 4) is 11.5 Å². The summed E-state index contributed by atoms with van der Waals surface area (Å²) in [5, 5.41) is 9.37. The Balaban J connectivity index is 1.72. The summed E-state index contributed by atoms with van der Waals surface area (Å²) >= 11 is 18.4. The molecule has 0 saturated heterocycles. The third kappa shape index (κ3) is 4.82. The molecule has 0 aliphatic carbocycles. The van der Waals surface area contributed by atoms with Crippen LogP contribution >= 0.6 is 34.8 Å². The van der Waals surface area contributed by atoms with Gasteiger partial charge in [0.1, 0.15) is 10.8 Å². The number of carbonyl (C=O) groups excluding carboxylic acids is 1. The molecule has 2 heterocycles. The van der Waals surface area contributed by atoms with Crippen molar-refractivity contribution in [3.05, 3.63) is 62.7 Å². The van der Waals surface area contributed by atoms with Crippen LogP contribution in [-0.4, -0.2) is 36.1 Å². The highest BCUT2D eigenvalue weighted by atomic mass is 35.5. The molecular formula is C22H18Cl3F3N4O3. The van der Waals surface area contributed by atoms with Gasteiger partial charge in [-0.25, -0.2) is 4.68 Å². The van der Waals surface area contributed by atoms with Gasteiger partial charge in [-0.1, -0.05) is 46.9 Å². The van der Waals surface area contributed by atoms with Gasteiger partial charge in [0.2, 0.25) is 0 Å². The molecule has 7 nitrogen and oxygen atoms in total. The van der Waals surface area contributed by atoms with Crippen LogP contribution < -0.4 is 20.1 Å². The number of carbonyl (C=O) groups is 1. The second-order valence-electron chi connectivity index (χ2n) is 7.62. The Morgan fingerprint density at radius 2 is 1.83 bits per heavy atom. The van der Waals surface area contributed by atoms with Crippen molar-refractivity contribution in [1.82, 2.24) is 9.78 Å². The minimum absolute atomic E-state index is 0.0717. The van der Waals surface area contributed by atoms with Crippen LogP contribution in [0.2, 0.25) is 15.1 Å². The molecule has 186 valence electrons. The molecule has 0 unspecified atom stereocenters. The van der Waals surface area contributed by atoms with Gasteiger partial charge in [-0.05, 0) is 29.8 Å². The smallest absolute Gasteiger partial charge is 0.410 e. The molecule has 0 bridgehead atoms. The first-order chi connectivity index (χ1) is 16.5. The molecular weight excluding hydrogens is 532 g/mol. The monoisotopic (exact) mass is 548 g/mol. The average molecular weight is 550 g/mol. The first kappa shape index (κ1) is 25.3. The zero-order chi connectivity index (χ0) is 25.5. The van der Waals surface area contributed by atoms with Crippen molar-refractivity contribution in [2.45, 2.75) is 24.7 Å². The number of methoxy groups -OCH3 is 2. The summed E-state index contributed by atoms with van der Waals surface area (Å²) in [5.74, 6) is -0.186. The molecule has 2 aromatic carbocycles. The molecule has 3 aromatic rings. The summed E-state index contributed by atoms with van der Waals surface area (Å²) in [4.78, 5) is 12.9. The Morgan fingerprint density at radius 3 is 2.49 bits per heavy atom. The molecule has 1 aliphatic heterocycles. The van der Waals surface area contributed by atoms with E-state index in [2.05, 4.69) is 15.7 Å². The maximum Gasteiger partial charge on any atom is 0.410 e. The Hall–Kier alpha value is -2.82. The highest BCUT2D eigenvalue weighted by molar-refractivity contribution is 6.44. The Bertz CT molecular complexity index is 1280. The Labute approximate surface area is 213 Å². The van der Waals surface area contributed by atoms with Crippen LogP contribution in [0.15, 0.2) is 36.4 Å². The molecule has 1 aromatic heterocycles. The number of alkyl halides is 3. The van der Waals surface area contributed by atoms with Gasteiger partial charge >= 0.3 is 6.18 Å². The van der Waals surface area contributed by atoms with Crippen molar-refractivity contribution >= 4 is 52.2 Å². The zero-order valence-corrected chi connectivity index (χ0v) is 20.5. The van der Waals surface area contributed by atoms with Gasteiger partial charge in [0, 0.05) is 6.42 Å². The fourth-order valence-corrected chi connectivity index (χ4v) is 4.42. The second kappa shape index (κ2) is 9.67. The highest BCUT2D eigenvalue weighted by Crippen LogP contribution is 2.47. The normalized spacial score (nSPS) is 17.4. The van der Waals surface area contributed by atoms with Gasteiger partial charge in [-0.3, -0.25) is 4.79 Å². The molecule has 2 N–H and O–H groups in total. The van der Waals surface area contributed by atoms with E-state index >= 15 is 0 Å². The Morgan fingerprint density at radius 1 is 1.11 bits per heavy atom. The van der Waals surface area contributed by atoms with Crippen LogP contribution in [-0.2, 0) is 0 Å². The number of rotatable bonds is 5. The number of anilines is 2. The van der Waals surface area contributed by atoms with Crippen molar-refractivity contribution in [2.75, 3.05) is 24.9 Å². The lowest BCUT2D eigenvalue weighted by molar-refractivity contribution is -0.173. The fourth-order valence-electron chi connectivity index (χ4n) is 3.80. The first-order valence-electron chi connectivity index (χ1n) is 10.1. The molecule has 0 saturated carbocycles. The minimum atomic E-state index is -4.66. The van der Waals surface area contributed by atoms with Gasteiger partial charge in [-0.15, -0.1) is 0 Å². The summed E-state index contributed by atoms with van der Waals surface area (Å²) in [7, 11) is 2.88. The molecule has 35 heavy (non-hydrogen) atoms. The SMILES string of the molecule is COc1ccc([C@@H]2C[C@@H](C(F)(F)F)n3nc(C(=O)Nc4cccc(Cl)c4Cl)c(Cl)c3N2)cc1OC. The molecule has 13 heteroatoms. The number of nitrogens with one attached hydrogen (secondary N) is 2. The first-order valence-corrected chi connectivity index (χ1v) is 11.3. The summed E-state index contributed by atoms with van der Waals surface area (Å²) in [6, 6.07) is 6.53.